The number of likely N-dealkylation sites (tertiary alicyclic amines) is 1. The van der Waals surface area contributed by atoms with E-state index in [9.17, 15) is 0 Å². The third-order valence-electron chi connectivity index (χ3n) is 4.70. The van der Waals surface area contributed by atoms with E-state index in [4.69, 9.17) is 0 Å². The Balaban J connectivity index is 1.85. The van der Waals surface area contributed by atoms with Gasteiger partial charge in [0, 0.05) is 18.6 Å². The summed E-state index contributed by atoms with van der Waals surface area (Å²) in [6.07, 6.45) is 2.46. The molecule has 2 heteroatoms. The molecule has 106 valence electrons. The van der Waals surface area contributed by atoms with Crippen molar-refractivity contribution in [3.8, 4) is 0 Å². The lowest BCUT2D eigenvalue weighted by molar-refractivity contribution is 0.0867. The average molecular weight is 260 g/mol. The molecule has 1 aromatic carbocycles. The number of hydrogen-bond acceptors (Lipinski definition) is 2. The summed E-state index contributed by atoms with van der Waals surface area (Å²) in [5.41, 5.74) is 1.45. The van der Waals surface area contributed by atoms with Gasteiger partial charge in [-0.05, 0) is 44.3 Å². The number of nitrogens with one attached hydrogen (secondary N) is 1. The molecule has 2 rings (SSSR count). The van der Waals surface area contributed by atoms with E-state index in [-0.39, 0.29) is 0 Å². The summed E-state index contributed by atoms with van der Waals surface area (Å²) in [6.45, 7) is 10.5. The van der Waals surface area contributed by atoms with Gasteiger partial charge in [-0.15, -0.1) is 0 Å². The lowest BCUT2D eigenvalue weighted by Crippen LogP contribution is -2.53. The third-order valence-corrected chi connectivity index (χ3v) is 4.70. The van der Waals surface area contributed by atoms with Gasteiger partial charge in [-0.3, -0.25) is 4.90 Å². The molecule has 1 fully saturated rings. The SMILES string of the molecule is CCNC1CCN(CCc2ccccc2)C(C)C1C. The zero-order valence-corrected chi connectivity index (χ0v) is 12.6. The van der Waals surface area contributed by atoms with Crippen LogP contribution in [0.15, 0.2) is 30.3 Å². The fraction of sp³-hybridized carbons (Fsp3) is 0.647. The van der Waals surface area contributed by atoms with Crippen LogP contribution < -0.4 is 5.32 Å². The van der Waals surface area contributed by atoms with E-state index in [1.165, 1.54) is 31.5 Å². The van der Waals surface area contributed by atoms with E-state index in [0.717, 1.165) is 12.5 Å². The second kappa shape index (κ2) is 7.06. The molecule has 1 aliphatic rings. The predicted molar refractivity (Wildman–Crippen MR) is 82.4 cm³/mol. The van der Waals surface area contributed by atoms with E-state index < -0.39 is 0 Å². The van der Waals surface area contributed by atoms with Crippen LogP contribution in [0.1, 0.15) is 32.8 Å². The smallest absolute Gasteiger partial charge is 0.0120 e. The van der Waals surface area contributed by atoms with Gasteiger partial charge in [-0.25, -0.2) is 0 Å². The van der Waals surface area contributed by atoms with Crippen LogP contribution >= 0.6 is 0 Å². The Morgan fingerprint density at radius 3 is 2.63 bits per heavy atom. The Labute approximate surface area is 118 Å². The Morgan fingerprint density at radius 2 is 1.95 bits per heavy atom. The Hall–Kier alpha value is -0.860. The zero-order valence-electron chi connectivity index (χ0n) is 12.6. The van der Waals surface area contributed by atoms with E-state index in [0.29, 0.717) is 12.1 Å². The summed E-state index contributed by atoms with van der Waals surface area (Å²) in [6, 6.07) is 12.2. The molecule has 1 saturated heterocycles. The number of nitrogens with zero attached hydrogens (tertiary/aromatic N) is 1. The molecule has 1 aliphatic heterocycles. The lowest BCUT2D eigenvalue weighted by atomic mass is 9.86. The molecular formula is C17H28N2. The molecule has 0 saturated carbocycles. The maximum Gasteiger partial charge on any atom is 0.0120 e. The quantitative estimate of drug-likeness (QED) is 0.875. The highest BCUT2D eigenvalue weighted by Gasteiger charge is 2.31. The summed E-state index contributed by atoms with van der Waals surface area (Å²) in [5, 5.41) is 3.63. The van der Waals surface area contributed by atoms with Crippen molar-refractivity contribution in [3.63, 3.8) is 0 Å². The minimum absolute atomic E-state index is 0.682. The molecule has 0 aromatic heterocycles. The fourth-order valence-electron chi connectivity index (χ4n) is 3.22. The Bertz CT molecular complexity index is 363. The van der Waals surface area contributed by atoms with E-state index in [2.05, 4.69) is 61.3 Å². The van der Waals surface area contributed by atoms with Gasteiger partial charge in [0.2, 0.25) is 0 Å². The van der Waals surface area contributed by atoms with Crippen LogP contribution in [-0.2, 0) is 6.42 Å². The normalized spacial score (nSPS) is 28.5. The molecule has 1 heterocycles. The highest BCUT2D eigenvalue weighted by Crippen LogP contribution is 2.23. The molecule has 19 heavy (non-hydrogen) atoms. The maximum absolute atomic E-state index is 3.63. The Kier molecular flexibility index (Phi) is 5.41. The molecule has 3 unspecified atom stereocenters. The number of rotatable bonds is 5. The van der Waals surface area contributed by atoms with Crippen molar-refractivity contribution in [2.24, 2.45) is 5.92 Å². The molecule has 3 atom stereocenters. The molecule has 1 aromatic rings. The summed E-state index contributed by atoms with van der Waals surface area (Å²) >= 11 is 0. The van der Waals surface area contributed by atoms with Crippen LogP contribution in [-0.4, -0.2) is 36.6 Å². The standard InChI is InChI=1S/C17H28N2/c1-4-18-17-11-13-19(15(3)14(17)2)12-10-16-8-6-5-7-9-16/h5-9,14-15,17-18H,4,10-13H2,1-3H3. The minimum atomic E-state index is 0.682. The molecule has 0 spiro atoms. The lowest BCUT2D eigenvalue weighted by Gasteiger charge is -2.43. The van der Waals surface area contributed by atoms with Gasteiger partial charge < -0.3 is 5.32 Å². The highest BCUT2D eigenvalue weighted by molar-refractivity contribution is 5.15. The van der Waals surface area contributed by atoms with Crippen molar-refractivity contribution in [2.75, 3.05) is 19.6 Å². The second-order valence-electron chi connectivity index (χ2n) is 5.82. The first-order valence-electron chi connectivity index (χ1n) is 7.73. The monoisotopic (exact) mass is 260 g/mol. The molecule has 0 radical (unpaired) electrons. The van der Waals surface area contributed by atoms with Gasteiger partial charge in [0.1, 0.15) is 0 Å². The summed E-state index contributed by atoms with van der Waals surface area (Å²) < 4.78 is 0. The fourth-order valence-corrected chi connectivity index (χ4v) is 3.22. The molecule has 2 nitrogen and oxygen atoms in total. The number of hydrogen-bond donors (Lipinski definition) is 1. The number of benzene rings is 1. The number of piperidine rings is 1. The van der Waals surface area contributed by atoms with Crippen LogP contribution in [0.3, 0.4) is 0 Å². The second-order valence-corrected chi connectivity index (χ2v) is 5.82. The van der Waals surface area contributed by atoms with E-state index in [1.807, 2.05) is 0 Å². The van der Waals surface area contributed by atoms with Gasteiger partial charge in [0.05, 0.1) is 0 Å². The largest absolute Gasteiger partial charge is 0.314 e. The van der Waals surface area contributed by atoms with E-state index in [1.54, 1.807) is 0 Å². The van der Waals surface area contributed by atoms with Crippen LogP contribution in [0.5, 0.6) is 0 Å². The first kappa shape index (κ1) is 14.5. The molecule has 0 aliphatic carbocycles. The van der Waals surface area contributed by atoms with Crippen LogP contribution in [0, 0.1) is 5.92 Å². The van der Waals surface area contributed by atoms with Crippen LogP contribution in [0.2, 0.25) is 0 Å². The van der Waals surface area contributed by atoms with Crippen molar-refractivity contribution in [1.82, 2.24) is 10.2 Å². The molecule has 1 N–H and O–H groups in total. The molecular weight excluding hydrogens is 232 g/mol. The highest BCUT2D eigenvalue weighted by atomic mass is 15.2. The first-order chi connectivity index (χ1) is 9.22. The topological polar surface area (TPSA) is 15.3 Å². The first-order valence-corrected chi connectivity index (χ1v) is 7.73. The van der Waals surface area contributed by atoms with Crippen molar-refractivity contribution in [1.29, 1.82) is 0 Å². The van der Waals surface area contributed by atoms with Crippen molar-refractivity contribution in [2.45, 2.75) is 45.7 Å². The molecule has 0 amide bonds. The van der Waals surface area contributed by atoms with Gasteiger partial charge in [-0.1, -0.05) is 44.2 Å². The van der Waals surface area contributed by atoms with Crippen molar-refractivity contribution in [3.05, 3.63) is 35.9 Å². The van der Waals surface area contributed by atoms with Crippen molar-refractivity contribution >= 4 is 0 Å². The third kappa shape index (κ3) is 3.80. The summed E-state index contributed by atoms with van der Waals surface area (Å²) in [4.78, 5) is 2.66. The zero-order chi connectivity index (χ0) is 13.7. The van der Waals surface area contributed by atoms with Gasteiger partial charge in [-0.2, -0.15) is 0 Å². The summed E-state index contributed by atoms with van der Waals surface area (Å²) in [5.74, 6) is 0.740. The van der Waals surface area contributed by atoms with Crippen molar-refractivity contribution < 1.29 is 0 Å². The van der Waals surface area contributed by atoms with Gasteiger partial charge >= 0.3 is 0 Å². The van der Waals surface area contributed by atoms with Gasteiger partial charge in [0.25, 0.3) is 0 Å². The van der Waals surface area contributed by atoms with E-state index >= 15 is 0 Å². The Morgan fingerprint density at radius 1 is 1.21 bits per heavy atom. The maximum atomic E-state index is 3.63. The van der Waals surface area contributed by atoms with Gasteiger partial charge in [0.15, 0.2) is 0 Å². The predicted octanol–water partition coefficient (Wildman–Crippen LogP) is 2.94. The summed E-state index contributed by atoms with van der Waals surface area (Å²) in [7, 11) is 0. The molecule has 0 bridgehead atoms. The van der Waals surface area contributed by atoms with Crippen LogP contribution in [0.4, 0.5) is 0 Å². The van der Waals surface area contributed by atoms with Crippen LogP contribution in [0.25, 0.3) is 0 Å². The minimum Gasteiger partial charge on any atom is -0.314 e. The average Bonchev–Trinajstić information content (AvgIpc) is 2.44.